The molecule has 0 atom stereocenters. The van der Waals surface area contributed by atoms with Gasteiger partial charge >= 0.3 is 0 Å². The van der Waals surface area contributed by atoms with E-state index in [1.165, 1.54) is 6.39 Å². The number of hydrogen-bond donors (Lipinski definition) is 0. The van der Waals surface area contributed by atoms with Crippen LogP contribution in [0.25, 0.3) is 11.1 Å². The van der Waals surface area contributed by atoms with Gasteiger partial charge in [-0.3, -0.25) is 4.79 Å². The van der Waals surface area contributed by atoms with E-state index in [0.717, 1.165) is 38.2 Å². The number of carbonyl (C=O) groups excluding carboxylic acids is 1. The lowest BCUT2D eigenvalue weighted by molar-refractivity contribution is 0.0643. The number of amides is 1. The zero-order chi connectivity index (χ0) is 13.2. The zero-order valence-electron chi connectivity index (χ0n) is 11.0. The topological polar surface area (TPSA) is 49.6 Å². The maximum absolute atomic E-state index is 12.4. The first-order valence-electron chi connectivity index (χ1n) is 6.63. The maximum Gasteiger partial charge on any atom is 0.254 e. The Balaban J connectivity index is 1.76. The van der Waals surface area contributed by atoms with E-state index in [1.807, 2.05) is 11.0 Å². The van der Waals surface area contributed by atoms with E-state index in [-0.39, 0.29) is 5.91 Å². The Morgan fingerprint density at radius 3 is 2.84 bits per heavy atom. The number of likely N-dealkylation sites (N-methyl/N-ethyl adjacent to an activating group) is 1. The van der Waals surface area contributed by atoms with Crippen molar-refractivity contribution in [2.24, 2.45) is 0 Å². The van der Waals surface area contributed by atoms with Gasteiger partial charge in [-0.1, -0.05) is 6.92 Å². The number of rotatable bonds is 2. The first-order valence-corrected chi connectivity index (χ1v) is 6.63. The predicted molar refractivity (Wildman–Crippen MR) is 72.0 cm³/mol. The number of fused-ring (bicyclic) bond motifs is 1. The first-order chi connectivity index (χ1) is 9.28. The van der Waals surface area contributed by atoms with E-state index in [1.54, 1.807) is 12.1 Å². The fraction of sp³-hybridized carbons (Fsp3) is 0.429. The summed E-state index contributed by atoms with van der Waals surface area (Å²) in [6, 6.07) is 5.41. The van der Waals surface area contributed by atoms with Crippen LogP contribution in [-0.4, -0.2) is 53.4 Å². The van der Waals surface area contributed by atoms with Crippen molar-refractivity contribution < 1.29 is 9.21 Å². The molecule has 1 aromatic heterocycles. The summed E-state index contributed by atoms with van der Waals surface area (Å²) in [6.07, 6.45) is 1.40. The monoisotopic (exact) mass is 259 g/mol. The van der Waals surface area contributed by atoms with Crippen molar-refractivity contribution in [3.63, 3.8) is 0 Å². The predicted octanol–water partition coefficient (Wildman–Crippen LogP) is 1.61. The fourth-order valence-electron chi connectivity index (χ4n) is 2.44. The number of carbonyl (C=O) groups is 1. The molecular weight excluding hydrogens is 242 g/mol. The lowest BCUT2D eigenvalue weighted by Gasteiger charge is -2.34. The Hall–Kier alpha value is -1.88. The standard InChI is InChI=1S/C14H17N3O2/c1-2-16-5-7-17(8-6-16)14(18)11-3-4-13-12(9-11)15-10-19-13/h3-4,9-10H,2,5-8H2,1H3. The van der Waals surface area contributed by atoms with Crippen LogP contribution < -0.4 is 0 Å². The summed E-state index contributed by atoms with van der Waals surface area (Å²) >= 11 is 0. The van der Waals surface area contributed by atoms with Crippen LogP contribution in [0.5, 0.6) is 0 Å². The van der Waals surface area contributed by atoms with E-state index < -0.39 is 0 Å². The van der Waals surface area contributed by atoms with E-state index in [9.17, 15) is 4.79 Å². The van der Waals surface area contributed by atoms with Gasteiger partial charge < -0.3 is 14.2 Å². The molecule has 5 nitrogen and oxygen atoms in total. The van der Waals surface area contributed by atoms with Crippen LogP contribution in [0, 0.1) is 0 Å². The van der Waals surface area contributed by atoms with Gasteiger partial charge in [-0.2, -0.15) is 0 Å². The molecule has 1 fully saturated rings. The molecule has 3 rings (SSSR count). The molecule has 0 bridgehead atoms. The highest BCUT2D eigenvalue weighted by atomic mass is 16.3. The highest BCUT2D eigenvalue weighted by Gasteiger charge is 2.21. The van der Waals surface area contributed by atoms with Gasteiger partial charge in [-0.15, -0.1) is 0 Å². The summed E-state index contributed by atoms with van der Waals surface area (Å²) in [5, 5.41) is 0. The highest BCUT2D eigenvalue weighted by Crippen LogP contribution is 2.16. The van der Waals surface area contributed by atoms with Gasteiger partial charge in [0.1, 0.15) is 5.52 Å². The summed E-state index contributed by atoms with van der Waals surface area (Å²) in [6.45, 7) is 6.69. The van der Waals surface area contributed by atoms with Crippen LogP contribution in [0.3, 0.4) is 0 Å². The third kappa shape index (κ3) is 2.33. The third-order valence-corrected chi connectivity index (χ3v) is 3.68. The number of piperazine rings is 1. The molecule has 1 aromatic carbocycles. The fourth-order valence-corrected chi connectivity index (χ4v) is 2.44. The molecule has 1 aliphatic heterocycles. The highest BCUT2D eigenvalue weighted by molar-refractivity contribution is 5.97. The molecule has 1 amide bonds. The number of oxazole rings is 1. The second-order valence-electron chi connectivity index (χ2n) is 4.76. The Morgan fingerprint density at radius 2 is 2.11 bits per heavy atom. The maximum atomic E-state index is 12.4. The van der Waals surface area contributed by atoms with Crippen LogP contribution in [0.1, 0.15) is 17.3 Å². The van der Waals surface area contributed by atoms with Crippen molar-refractivity contribution in [3.05, 3.63) is 30.2 Å². The molecule has 0 radical (unpaired) electrons. The van der Waals surface area contributed by atoms with Crippen molar-refractivity contribution in [3.8, 4) is 0 Å². The normalized spacial score (nSPS) is 17.0. The molecule has 1 aliphatic rings. The molecule has 5 heteroatoms. The van der Waals surface area contributed by atoms with Gasteiger partial charge in [0.05, 0.1) is 0 Å². The molecule has 0 unspecified atom stereocenters. The molecule has 0 aliphatic carbocycles. The smallest absolute Gasteiger partial charge is 0.254 e. The van der Waals surface area contributed by atoms with E-state index in [4.69, 9.17) is 4.42 Å². The van der Waals surface area contributed by atoms with Gasteiger partial charge in [0.25, 0.3) is 5.91 Å². The van der Waals surface area contributed by atoms with Crippen LogP contribution in [0.2, 0.25) is 0 Å². The number of benzene rings is 1. The van der Waals surface area contributed by atoms with Crippen LogP contribution in [0.4, 0.5) is 0 Å². The van der Waals surface area contributed by atoms with Crippen molar-refractivity contribution >= 4 is 17.0 Å². The quantitative estimate of drug-likeness (QED) is 0.822. The zero-order valence-corrected chi connectivity index (χ0v) is 11.0. The average Bonchev–Trinajstić information content (AvgIpc) is 2.94. The lowest BCUT2D eigenvalue weighted by Crippen LogP contribution is -2.48. The molecule has 0 N–H and O–H groups in total. The van der Waals surface area contributed by atoms with Crippen molar-refractivity contribution in [1.29, 1.82) is 0 Å². The van der Waals surface area contributed by atoms with Gasteiger partial charge in [0, 0.05) is 31.7 Å². The minimum atomic E-state index is 0.0839. The average molecular weight is 259 g/mol. The minimum absolute atomic E-state index is 0.0839. The summed E-state index contributed by atoms with van der Waals surface area (Å²) in [7, 11) is 0. The minimum Gasteiger partial charge on any atom is -0.443 e. The van der Waals surface area contributed by atoms with Gasteiger partial charge in [0.15, 0.2) is 12.0 Å². The summed E-state index contributed by atoms with van der Waals surface area (Å²) in [5.41, 5.74) is 2.14. The van der Waals surface area contributed by atoms with Crippen molar-refractivity contribution in [1.82, 2.24) is 14.8 Å². The lowest BCUT2D eigenvalue weighted by atomic mass is 10.1. The third-order valence-electron chi connectivity index (χ3n) is 3.68. The molecule has 2 aromatic rings. The van der Waals surface area contributed by atoms with Gasteiger partial charge in [-0.25, -0.2) is 4.98 Å². The molecule has 0 spiro atoms. The molecular formula is C14H17N3O2. The van der Waals surface area contributed by atoms with E-state index in [2.05, 4.69) is 16.8 Å². The second-order valence-corrected chi connectivity index (χ2v) is 4.76. The van der Waals surface area contributed by atoms with Crippen molar-refractivity contribution in [2.75, 3.05) is 32.7 Å². The van der Waals surface area contributed by atoms with Gasteiger partial charge in [0.2, 0.25) is 0 Å². The number of hydrogen-bond acceptors (Lipinski definition) is 4. The SMILES string of the molecule is CCN1CCN(C(=O)c2ccc3ocnc3c2)CC1. The number of aromatic nitrogens is 1. The summed E-state index contributed by atoms with van der Waals surface area (Å²) < 4.78 is 5.18. The summed E-state index contributed by atoms with van der Waals surface area (Å²) in [4.78, 5) is 20.8. The summed E-state index contributed by atoms with van der Waals surface area (Å²) in [5.74, 6) is 0.0839. The molecule has 1 saturated heterocycles. The van der Waals surface area contributed by atoms with Crippen molar-refractivity contribution in [2.45, 2.75) is 6.92 Å². The largest absolute Gasteiger partial charge is 0.443 e. The number of nitrogens with zero attached hydrogens (tertiary/aromatic N) is 3. The molecule has 100 valence electrons. The second kappa shape index (κ2) is 5.01. The van der Waals surface area contributed by atoms with E-state index >= 15 is 0 Å². The Kier molecular flexibility index (Phi) is 3.21. The molecule has 0 saturated carbocycles. The van der Waals surface area contributed by atoms with Crippen LogP contribution in [-0.2, 0) is 0 Å². The Labute approximate surface area is 111 Å². The van der Waals surface area contributed by atoms with Crippen LogP contribution >= 0.6 is 0 Å². The van der Waals surface area contributed by atoms with Gasteiger partial charge in [-0.05, 0) is 24.7 Å². The first kappa shape index (κ1) is 12.2. The van der Waals surface area contributed by atoms with E-state index in [0.29, 0.717) is 11.1 Å². The van der Waals surface area contributed by atoms with Crippen LogP contribution in [0.15, 0.2) is 29.0 Å². The Bertz CT molecular complexity index is 585. The molecule has 19 heavy (non-hydrogen) atoms. The Morgan fingerprint density at radius 1 is 1.32 bits per heavy atom. The molecule has 2 heterocycles.